The van der Waals surface area contributed by atoms with Crippen molar-refractivity contribution < 1.29 is 4.79 Å². The summed E-state index contributed by atoms with van der Waals surface area (Å²) in [7, 11) is 1.94. The van der Waals surface area contributed by atoms with Crippen LogP contribution in [0.4, 0.5) is 5.13 Å². The summed E-state index contributed by atoms with van der Waals surface area (Å²) in [6.07, 6.45) is 5.88. The lowest BCUT2D eigenvalue weighted by atomic mass is 10.1. The van der Waals surface area contributed by atoms with Gasteiger partial charge in [0.25, 0.3) is 5.91 Å². The first-order chi connectivity index (χ1) is 9.15. The average Bonchev–Trinajstić information content (AvgIpc) is 3.00. The van der Waals surface area contributed by atoms with Gasteiger partial charge in [0.1, 0.15) is 11.5 Å². The van der Waals surface area contributed by atoms with Gasteiger partial charge in [-0.25, -0.2) is 9.97 Å². The van der Waals surface area contributed by atoms with Crippen LogP contribution >= 0.6 is 11.3 Å². The summed E-state index contributed by atoms with van der Waals surface area (Å²) >= 11 is 1.27. The fourth-order valence-electron chi connectivity index (χ4n) is 2.11. The van der Waals surface area contributed by atoms with E-state index in [9.17, 15) is 4.79 Å². The normalized spacial score (nSPS) is 16.3. The number of nitrogens with one attached hydrogen (secondary N) is 1. The monoisotopic (exact) mass is 277 g/mol. The number of aryl methyl sites for hydroxylation is 1. The van der Waals surface area contributed by atoms with Crippen LogP contribution in [0, 0.1) is 5.92 Å². The molecule has 2 aromatic heterocycles. The van der Waals surface area contributed by atoms with Crippen LogP contribution in [0.5, 0.6) is 0 Å². The largest absolute Gasteiger partial charge is 0.375 e. The van der Waals surface area contributed by atoms with Gasteiger partial charge < -0.3 is 15.6 Å². The Labute approximate surface area is 114 Å². The molecule has 1 atom stereocenters. The second-order valence-electron chi connectivity index (χ2n) is 4.76. The molecule has 0 saturated heterocycles. The third kappa shape index (κ3) is 2.46. The number of hydrogen-bond acceptors (Lipinski definition) is 5. The molecule has 2 aromatic rings. The molecular formula is C12H15N5OS. The van der Waals surface area contributed by atoms with E-state index in [1.807, 2.05) is 17.8 Å². The molecule has 1 amide bonds. The van der Waals surface area contributed by atoms with E-state index in [1.54, 1.807) is 11.6 Å². The lowest BCUT2D eigenvalue weighted by Crippen LogP contribution is -2.31. The van der Waals surface area contributed by atoms with Crippen LogP contribution in [0.2, 0.25) is 0 Å². The van der Waals surface area contributed by atoms with Crippen LogP contribution in [0.3, 0.4) is 0 Å². The van der Waals surface area contributed by atoms with E-state index in [0.29, 0.717) is 16.7 Å². The zero-order valence-corrected chi connectivity index (χ0v) is 11.4. The lowest BCUT2D eigenvalue weighted by molar-refractivity contribution is 0.0924. The number of anilines is 1. The summed E-state index contributed by atoms with van der Waals surface area (Å²) in [5, 5.41) is 5.10. The topological polar surface area (TPSA) is 85.8 Å². The molecule has 0 bridgehead atoms. The predicted molar refractivity (Wildman–Crippen MR) is 72.7 cm³/mol. The molecule has 7 heteroatoms. The second-order valence-corrected chi connectivity index (χ2v) is 5.65. The standard InChI is InChI=1S/C12H15N5OS/c1-17-5-4-14-10(17)9(7-2-3-7)16-11(18)8-6-19-12(13)15-8/h4-7,9H,2-3H2,1H3,(H2,13,15)(H,16,18)/t9-/m1/s1. The Balaban J connectivity index is 1.79. The van der Waals surface area contributed by atoms with Crippen molar-refractivity contribution in [3.05, 3.63) is 29.3 Å². The van der Waals surface area contributed by atoms with Gasteiger partial charge in [-0.05, 0) is 18.8 Å². The van der Waals surface area contributed by atoms with Crippen LogP contribution in [0.1, 0.15) is 35.2 Å². The zero-order chi connectivity index (χ0) is 13.4. The molecule has 6 nitrogen and oxygen atoms in total. The van der Waals surface area contributed by atoms with E-state index < -0.39 is 0 Å². The number of nitrogens with two attached hydrogens (primary N) is 1. The molecule has 0 aliphatic heterocycles. The van der Waals surface area contributed by atoms with Crippen molar-refractivity contribution in [3.63, 3.8) is 0 Å². The predicted octanol–water partition coefficient (Wildman–Crippen LogP) is 1.34. The van der Waals surface area contributed by atoms with Crippen molar-refractivity contribution in [1.29, 1.82) is 0 Å². The van der Waals surface area contributed by atoms with Gasteiger partial charge in [-0.1, -0.05) is 0 Å². The number of amides is 1. The van der Waals surface area contributed by atoms with Crippen molar-refractivity contribution >= 4 is 22.4 Å². The molecule has 100 valence electrons. The van der Waals surface area contributed by atoms with Gasteiger partial charge in [-0.3, -0.25) is 4.79 Å². The molecule has 1 saturated carbocycles. The highest BCUT2D eigenvalue weighted by Crippen LogP contribution is 2.40. The van der Waals surface area contributed by atoms with E-state index in [1.165, 1.54) is 11.3 Å². The van der Waals surface area contributed by atoms with Crippen LogP contribution in [0.15, 0.2) is 17.8 Å². The summed E-state index contributed by atoms with van der Waals surface area (Å²) < 4.78 is 1.94. The third-order valence-corrected chi connectivity index (χ3v) is 3.95. The summed E-state index contributed by atoms with van der Waals surface area (Å²) in [6, 6.07) is -0.0459. The van der Waals surface area contributed by atoms with E-state index in [-0.39, 0.29) is 11.9 Å². The highest BCUT2D eigenvalue weighted by molar-refractivity contribution is 7.13. The van der Waals surface area contributed by atoms with Gasteiger partial charge in [0, 0.05) is 24.8 Å². The molecule has 3 N–H and O–H groups in total. The SMILES string of the molecule is Cn1ccnc1[C@H](NC(=O)c1csc(N)n1)C1CC1. The molecule has 0 spiro atoms. The maximum atomic E-state index is 12.1. The van der Waals surface area contributed by atoms with E-state index >= 15 is 0 Å². The van der Waals surface area contributed by atoms with Gasteiger partial charge in [-0.2, -0.15) is 0 Å². The first-order valence-corrected chi connectivity index (χ1v) is 7.02. The average molecular weight is 277 g/mol. The minimum absolute atomic E-state index is 0.0459. The summed E-state index contributed by atoms with van der Waals surface area (Å²) in [6.45, 7) is 0. The quantitative estimate of drug-likeness (QED) is 0.883. The van der Waals surface area contributed by atoms with Crippen LogP contribution < -0.4 is 11.1 Å². The Hall–Kier alpha value is -1.89. The molecule has 2 heterocycles. The molecule has 0 aromatic carbocycles. The number of thiazole rings is 1. The Bertz CT molecular complexity index is 601. The number of rotatable bonds is 4. The fraction of sp³-hybridized carbons (Fsp3) is 0.417. The summed E-state index contributed by atoms with van der Waals surface area (Å²) in [5.74, 6) is 1.17. The zero-order valence-electron chi connectivity index (χ0n) is 10.5. The number of aromatic nitrogens is 3. The molecule has 3 rings (SSSR count). The molecule has 1 aliphatic rings. The first kappa shape index (κ1) is 12.2. The molecule has 19 heavy (non-hydrogen) atoms. The fourth-order valence-corrected chi connectivity index (χ4v) is 2.65. The minimum Gasteiger partial charge on any atom is -0.375 e. The van der Waals surface area contributed by atoms with Crippen molar-refractivity contribution in [2.45, 2.75) is 18.9 Å². The molecule has 0 radical (unpaired) electrons. The number of nitrogens with zero attached hydrogens (tertiary/aromatic N) is 3. The maximum absolute atomic E-state index is 12.1. The highest BCUT2D eigenvalue weighted by atomic mass is 32.1. The molecule has 0 unspecified atom stereocenters. The number of hydrogen-bond donors (Lipinski definition) is 2. The van der Waals surface area contributed by atoms with Crippen LogP contribution in [0.25, 0.3) is 0 Å². The highest BCUT2D eigenvalue weighted by Gasteiger charge is 2.36. The van der Waals surface area contributed by atoms with Crippen LogP contribution in [-0.2, 0) is 7.05 Å². The van der Waals surface area contributed by atoms with E-state index in [2.05, 4.69) is 15.3 Å². The maximum Gasteiger partial charge on any atom is 0.271 e. The molecule has 1 aliphatic carbocycles. The Morgan fingerprint density at radius 3 is 2.95 bits per heavy atom. The third-order valence-electron chi connectivity index (χ3n) is 3.27. The van der Waals surface area contributed by atoms with Crippen molar-refractivity contribution in [1.82, 2.24) is 19.9 Å². The summed E-state index contributed by atoms with van der Waals surface area (Å²) in [5.41, 5.74) is 5.93. The Morgan fingerprint density at radius 2 is 2.42 bits per heavy atom. The molecular weight excluding hydrogens is 262 g/mol. The number of carbonyl (C=O) groups is 1. The van der Waals surface area contributed by atoms with E-state index in [0.717, 1.165) is 18.7 Å². The van der Waals surface area contributed by atoms with Crippen molar-refractivity contribution in [3.8, 4) is 0 Å². The molecule has 1 fully saturated rings. The Morgan fingerprint density at radius 1 is 1.63 bits per heavy atom. The van der Waals surface area contributed by atoms with Gasteiger partial charge in [0.15, 0.2) is 5.13 Å². The van der Waals surface area contributed by atoms with Gasteiger partial charge in [0.2, 0.25) is 0 Å². The van der Waals surface area contributed by atoms with Crippen LogP contribution in [-0.4, -0.2) is 20.4 Å². The van der Waals surface area contributed by atoms with E-state index in [4.69, 9.17) is 5.73 Å². The van der Waals surface area contributed by atoms with Crippen molar-refractivity contribution in [2.24, 2.45) is 13.0 Å². The number of imidazole rings is 1. The van der Waals surface area contributed by atoms with Crippen molar-refractivity contribution in [2.75, 3.05) is 5.73 Å². The number of nitrogen functional groups attached to an aromatic ring is 1. The second kappa shape index (κ2) is 4.65. The Kier molecular flexibility index (Phi) is 2.98. The van der Waals surface area contributed by atoms with Gasteiger partial charge in [-0.15, -0.1) is 11.3 Å². The summed E-state index contributed by atoms with van der Waals surface area (Å²) in [4.78, 5) is 20.5. The van der Waals surface area contributed by atoms with Gasteiger partial charge >= 0.3 is 0 Å². The lowest BCUT2D eigenvalue weighted by Gasteiger charge is -2.17. The van der Waals surface area contributed by atoms with Gasteiger partial charge in [0.05, 0.1) is 6.04 Å². The first-order valence-electron chi connectivity index (χ1n) is 6.14. The smallest absolute Gasteiger partial charge is 0.271 e. The minimum atomic E-state index is -0.187. The number of carbonyl (C=O) groups excluding carboxylic acids is 1.